The number of nitrogens with zero attached hydrogens (tertiary/aromatic N) is 6. The number of nitriles is 1. The van der Waals surface area contributed by atoms with E-state index in [1.807, 2.05) is 84.9 Å². The molecule has 0 amide bonds. The van der Waals surface area contributed by atoms with Crippen LogP contribution in [0.2, 0.25) is 0 Å². The van der Waals surface area contributed by atoms with Crippen molar-refractivity contribution in [1.82, 2.24) is 24.1 Å². The fourth-order valence-electron chi connectivity index (χ4n) is 13.7. The Morgan fingerprint density at radius 3 is 1.53 bits per heavy atom. The Bertz CT molecular complexity index is 5000. The molecule has 0 saturated heterocycles. The van der Waals surface area contributed by atoms with Crippen LogP contribution in [0, 0.1) is 11.3 Å². The number of hydrogen-bond acceptors (Lipinski definition) is 5. The van der Waals surface area contributed by atoms with Crippen molar-refractivity contribution in [1.29, 1.82) is 5.26 Å². The van der Waals surface area contributed by atoms with Crippen LogP contribution in [-0.4, -0.2) is 24.1 Å². The Balaban J connectivity index is 1.10. The van der Waals surface area contributed by atoms with E-state index in [9.17, 15) is 5.26 Å². The van der Waals surface area contributed by atoms with Gasteiger partial charge in [0.1, 0.15) is 17.2 Å². The van der Waals surface area contributed by atoms with Crippen molar-refractivity contribution < 1.29 is 4.42 Å². The van der Waals surface area contributed by atoms with Gasteiger partial charge in [-0.1, -0.05) is 206 Å². The molecule has 0 unspecified atom stereocenters. The molecule has 15 aromatic rings. The van der Waals surface area contributed by atoms with Crippen LogP contribution in [0.5, 0.6) is 0 Å². The summed E-state index contributed by atoms with van der Waals surface area (Å²) in [6.07, 6.45) is 0. The van der Waals surface area contributed by atoms with Crippen LogP contribution in [0.3, 0.4) is 0 Å². The van der Waals surface area contributed by atoms with Gasteiger partial charge in [-0.15, -0.1) is 0 Å². The van der Waals surface area contributed by atoms with Gasteiger partial charge in [-0.2, -0.15) is 5.26 Å². The lowest BCUT2D eigenvalue weighted by molar-refractivity contribution is 0.669. The molecular formula is C71H40N6O. The minimum Gasteiger partial charge on any atom is -0.455 e. The molecule has 360 valence electrons. The number of furan rings is 1. The zero-order chi connectivity index (χ0) is 51.2. The summed E-state index contributed by atoms with van der Waals surface area (Å²) >= 11 is 0. The molecule has 2 aliphatic carbocycles. The molecule has 0 atom stereocenters. The highest BCUT2D eigenvalue weighted by molar-refractivity contribution is 6.33. The second-order valence-electron chi connectivity index (χ2n) is 20.4. The van der Waals surface area contributed by atoms with Crippen LogP contribution < -0.4 is 0 Å². The quantitative estimate of drug-likeness (QED) is 0.171. The van der Waals surface area contributed by atoms with Crippen molar-refractivity contribution >= 4 is 65.6 Å². The summed E-state index contributed by atoms with van der Waals surface area (Å²) in [5.74, 6) is 1.44. The average molecular weight is 993 g/mol. The molecule has 78 heavy (non-hydrogen) atoms. The Hall–Kier alpha value is -10.7. The van der Waals surface area contributed by atoms with Gasteiger partial charge in [0, 0.05) is 49.3 Å². The lowest BCUT2D eigenvalue weighted by atomic mass is 9.69. The zero-order valence-corrected chi connectivity index (χ0v) is 41.7. The molecule has 0 radical (unpaired) electrons. The summed E-state index contributed by atoms with van der Waals surface area (Å²) in [4.78, 5) is 15.5. The maximum Gasteiger partial charge on any atom is 0.167 e. The summed E-state index contributed by atoms with van der Waals surface area (Å²) in [6, 6.07) is 88.4. The molecule has 0 saturated carbocycles. The first-order chi connectivity index (χ1) is 38.7. The molecule has 7 heteroatoms. The second kappa shape index (κ2) is 15.9. The van der Waals surface area contributed by atoms with Crippen LogP contribution >= 0.6 is 0 Å². The molecule has 0 bridgehead atoms. The summed E-state index contributed by atoms with van der Waals surface area (Å²) in [5.41, 5.74) is 19.0. The fraction of sp³-hybridized carbons (Fsp3) is 0.0141. The molecule has 4 heterocycles. The molecule has 11 aromatic carbocycles. The highest BCUT2D eigenvalue weighted by atomic mass is 16.3. The van der Waals surface area contributed by atoms with Crippen molar-refractivity contribution in [2.24, 2.45) is 0 Å². The fourth-order valence-corrected chi connectivity index (χ4v) is 13.7. The van der Waals surface area contributed by atoms with Gasteiger partial charge in [0.2, 0.25) is 0 Å². The first kappa shape index (κ1) is 42.7. The van der Waals surface area contributed by atoms with E-state index in [1.54, 1.807) is 0 Å². The lowest BCUT2D eigenvalue weighted by Gasteiger charge is -2.31. The first-order valence-electron chi connectivity index (χ1n) is 26.3. The van der Waals surface area contributed by atoms with Gasteiger partial charge in [-0.25, -0.2) is 15.0 Å². The highest BCUT2D eigenvalue weighted by Gasteiger charge is 2.54. The summed E-state index contributed by atoms with van der Waals surface area (Å²) in [7, 11) is 0. The number of para-hydroxylation sites is 4. The number of fused-ring (bicyclic) bond motifs is 22. The zero-order valence-electron chi connectivity index (χ0n) is 41.7. The van der Waals surface area contributed by atoms with Crippen LogP contribution in [0.1, 0.15) is 27.8 Å². The van der Waals surface area contributed by atoms with Gasteiger partial charge in [0.25, 0.3) is 0 Å². The molecule has 4 aromatic heterocycles. The first-order valence-corrected chi connectivity index (χ1v) is 26.3. The number of benzene rings is 11. The van der Waals surface area contributed by atoms with Crippen LogP contribution in [0.15, 0.2) is 247 Å². The summed E-state index contributed by atoms with van der Waals surface area (Å²) < 4.78 is 12.0. The minimum absolute atomic E-state index is 0.404. The number of rotatable bonds is 5. The molecule has 0 fully saturated rings. The van der Waals surface area contributed by atoms with Gasteiger partial charge in [-0.05, 0) is 75.3 Å². The average Bonchev–Trinajstić information content (AvgIpc) is 2.27. The van der Waals surface area contributed by atoms with Gasteiger partial charge < -0.3 is 13.6 Å². The molecule has 2 aliphatic rings. The molecular weight excluding hydrogens is 953 g/mol. The van der Waals surface area contributed by atoms with Gasteiger partial charge >= 0.3 is 0 Å². The SMILES string of the molecule is N#Cc1cc(-c2nc(-c3ccccc3)nc(-c3ccccc3)n2)c2oc3ccccc3c2c1-n1c2ccccc2c2c1c1c(c3c4ccccc4n(-c4ccccc4)c32)C2(c3ccccc3-c3ccccc32)c2ccccc2-1. The standard InChI is InChI=1S/C71H40N6O/c72-41-44-40-52(70-74-68(42-22-4-1-5-23-42)73-69(75-70)43-24-6-2-7-25-43)67-62(51-33-15-21-39-58(51)78-67)64(44)77-57-38-20-14-32-50(57)61-65-60(49-31-13-19-37-56(49)76(65)45-26-8-3-9-27-45)63-59(66(61)77)48-30-12-18-36-55(48)71(63)53-34-16-10-28-46(53)47-29-11-17-35-54(47)71/h1-40H. The normalized spacial score (nSPS) is 13.0. The van der Waals surface area contributed by atoms with Gasteiger partial charge in [0.15, 0.2) is 17.5 Å². The lowest BCUT2D eigenvalue weighted by Crippen LogP contribution is -2.26. The molecule has 7 nitrogen and oxygen atoms in total. The molecule has 1 spiro atoms. The molecule has 17 rings (SSSR count). The maximum absolute atomic E-state index is 12.0. The van der Waals surface area contributed by atoms with E-state index in [4.69, 9.17) is 19.4 Å². The van der Waals surface area contributed by atoms with Crippen molar-refractivity contribution in [2.75, 3.05) is 0 Å². The Morgan fingerprint density at radius 1 is 0.410 bits per heavy atom. The van der Waals surface area contributed by atoms with E-state index < -0.39 is 5.41 Å². The topological polar surface area (TPSA) is 85.5 Å². The third kappa shape index (κ3) is 5.52. The van der Waals surface area contributed by atoms with E-state index >= 15 is 0 Å². The van der Waals surface area contributed by atoms with E-state index in [-0.39, 0.29) is 0 Å². The smallest absolute Gasteiger partial charge is 0.167 e. The number of hydrogen-bond donors (Lipinski definition) is 0. The predicted molar refractivity (Wildman–Crippen MR) is 313 cm³/mol. The van der Waals surface area contributed by atoms with Crippen LogP contribution in [0.25, 0.3) is 133 Å². The molecule has 0 N–H and O–H groups in total. The van der Waals surface area contributed by atoms with Crippen LogP contribution in [0.4, 0.5) is 0 Å². The van der Waals surface area contributed by atoms with E-state index in [2.05, 4.69) is 173 Å². The van der Waals surface area contributed by atoms with Crippen molar-refractivity contribution in [2.45, 2.75) is 5.41 Å². The van der Waals surface area contributed by atoms with Crippen molar-refractivity contribution in [3.05, 3.63) is 270 Å². The second-order valence-corrected chi connectivity index (χ2v) is 20.4. The van der Waals surface area contributed by atoms with E-state index in [1.165, 1.54) is 44.2 Å². The third-order valence-corrected chi connectivity index (χ3v) is 16.6. The van der Waals surface area contributed by atoms with E-state index in [0.29, 0.717) is 39.8 Å². The summed E-state index contributed by atoms with van der Waals surface area (Å²) in [5, 5.41) is 18.2. The largest absolute Gasteiger partial charge is 0.455 e. The highest BCUT2D eigenvalue weighted by Crippen LogP contribution is 2.67. The third-order valence-electron chi connectivity index (χ3n) is 16.6. The maximum atomic E-state index is 12.0. The van der Waals surface area contributed by atoms with Crippen molar-refractivity contribution in [3.63, 3.8) is 0 Å². The van der Waals surface area contributed by atoms with Crippen LogP contribution in [-0.2, 0) is 5.41 Å². The minimum atomic E-state index is -0.719. The molecule has 0 aliphatic heterocycles. The Labute approximate surface area is 446 Å². The summed E-state index contributed by atoms with van der Waals surface area (Å²) in [6.45, 7) is 0. The Kier molecular flexibility index (Phi) is 8.71. The monoisotopic (exact) mass is 992 g/mol. The van der Waals surface area contributed by atoms with Gasteiger partial charge in [-0.3, -0.25) is 0 Å². The van der Waals surface area contributed by atoms with E-state index in [0.717, 1.165) is 77.2 Å². The van der Waals surface area contributed by atoms with Gasteiger partial charge in [0.05, 0.1) is 49.7 Å². The Morgan fingerprint density at radius 2 is 0.897 bits per heavy atom. The number of aromatic nitrogens is 5. The predicted octanol–water partition coefficient (Wildman–Crippen LogP) is 17.2. The van der Waals surface area contributed by atoms with Crippen molar-refractivity contribution in [3.8, 4) is 73.9 Å².